The van der Waals surface area contributed by atoms with Crippen LogP contribution in [0.5, 0.6) is 0 Å². The summed E-state index contributed by atoms with van der Waals surface area (Å²) in [4.78, 5) is 22.5. The second kappa shape index (κ2) is 6.00. The number of hydrogen-bond acceptors (Lipinski definition) is 4. The van der Waals surface area contributed by atoms with Gasteiger partial charge in [0.15, 0.2) is 0 Å². The maximum atomic E-state index is 11.6. The van der Waals surface area contributed by atoms with Crippen LogP contribution in [0.3, 0.4) is 0 Å². The van der Waals surface area contributed by atoms with E-state index in [2.05, 4.69) is 16.9 Å². The molecule has 1 N–H and O–H groups in total. The van der Waals surface area contributed by atoms with E-state index in [0.717, 1.165) is 43.7 Å². The van der Waals surface area contributed by atoms with Gasteiger partial charge in [0.2, 0.25) is 0 Å². The van der Waals surface area contributed by atoms with Crippen LogP contribution >= 0.6 is 0 Å². The Labute approximate surface area is 125 Å². The topological polar surface area (TPSA) is 66.3 Å². The molecule has 1 saturated heterocycles. The second-order valence-corrected chi connectivity index (χ2v) is 6.36. The summed E-state index contributed by atoms with van der Waals surface area (Å²) < 4.78 is 0. The molecule has 0 saturated carbocycles. The molecule has 0 spiro atoms. The zero-order valence-corrected chi connectivity index (χ0v) is 12.6. The third-order valence-corrected chi connectivity index (χ3v) is 4.77. The lowest BCUT2D eigenvalue weighted by molar-refractivity contribution is -0.139. The molecule has 0 aromatic carbocycles. The van der Waals surface area contributed by atoms with Gasteiger partial charge in [-0.3, -0.25) is 0 Å². The predicted octanol–water partition coefficient (Wildman–Crippen LogP) is 2.43. The maximum Gasteiger partial charge on any atom is 0.326 e. The Balaban J connectivity index is 1.97. The highest BCUT2D eigenvalue weighted by Gasteiger charge is 2.34. The van der Waals surface area contributed by atoms with Crippen LogP contribution in [0, 0.1) is 5.92 Å². The van der Waals surface area contributed by atoms with Gasteiger partial charge in [0.1, 0.15) is 18.2 Å². The SMILES string of the molecule is CC1CCN(c2ncnc3c2CCCCC3)C(C(=O)O)C1. The zero-order valence-electron chi connectivity index (χ0n) is 12.6. The number of aliphatic carboxylic acids is 1. The number of nitrogens with zero attached hydrogens (tertiary/aromatic N) is 3. The van der Waals surface area contributed by atoms with Gasteiger partial charge in [0.25, 0.3) is 0 Å². The maximum absolute atomic E-state index is 11.6. The Kier molecular flexibility index (Phi) is 4.08. The first-order chi connectivity index (χ1) is 10.2. The number of aryl methyl sites for hydroxylation is 1. The number of rotatable bonds is 2. The van der Waals surface area contributed by atoms with Crippen LogP contribution in [0.25, 0.3) is 0 Å². The van der Waals surface area contributed by atoms with E-state index in [0.29, 0.717) is 12.3 Å². The largest absolute Gasteiger partial charge is 0.480 e. The Morgan fingerprint density at radius 2 is 2.10 bits per heavy atom. The molecule has 0 amide bonds. The molecule has 21 heavy (non-hydrogen) atoms. The molecule has 5 heteroatoms. The van der Waals surface area contributed by atoms with Gasteiger partial charge < -0.3 is 10.0 Å². The molecule has 3 rings (SSSR count). The molecular weight excluding hydrogens is 266 g/mol. The van der Waals surface area contributed by atoms with Crippen molar-refractivity contribution in [1.82, 2.24) is 9.97 Å². The van der Waals surface area contributed by atoms with Crippen molar-refractivity contribution in [2.24, 2.45) is 5.92 Å². The third-order valence-electron chi connectivity index (χ3n) is 4.77. The van der Waals surface area contributed by atoms with E-state index in [-0.39, 0.29) is 0 Å². The van der Waals surface area contributed by atoms with E-state index in [1.54, 1.807) is 6.33 Å². The highest BCUT2D eigenvalue weighted by Crippen LogP contribution is 2.32. The highest BCUT2D eigenvalue weighted by molar-refractivity contribution is 5.78. The van der Waals surface area contributed by atoms with Gasteiger partial charge in [-0.05, 0) is 44.4 Å². The molecular formula is C16H23N3O2. The van der Waals surface area contributed by atoms with Crippen molar-refractivity contribution in [3.05, 3.63) is 17.6 Å². The van der Waals surface area contributed by atoms with Crippen molar-refractivity contribution in [3.8, 4) is 0 Å². The molecule has 5 nitrogen and oxygen atoms in total. The highest BCUT2D eigenvalue weighted by atomic mass is 16.4. The lowest BCUT2D eigenvalue weighted by Crippen LogP contribution is -2.47. The molecule has 114 valence electrons. The summed E-state index contributed by atoms with van der Waals surface area (Å²) in [5, 5.41) is 9.56. The van der Waals surface area contributed by atoms with Gasteiger partial charge in [-0.15, -0.1) is 0 Å². The Hall–Kier alpha value is -1.65. The monoisotopic (exact) mass is 289 g/mol. The van der Waals surface area contributed by atoms with Crippen molar-refractivity contribution in [2.75, 3.05) is 11.4 Å². The zero-order chi connectivity index (χ0) is 14.8. The summed E-state index contributed by atoms with van der Waals surface area (Å²) in [6.07, 6.45) is 8.84. The number of fused-ring (bicyclic) bond motifs is 1. The number of aromatic nitrogens is 2. The second-order valence-electron chi connectivity index (χ2n) is 6.36. The van der Waals surface area contributed by atoms with Gasteiger partial charge in [-0.1, -0.05) is 13.3 Å². The standard InChI is InChI=1S/C16H23N3O2/c1-11-7-8-19(14(9-11)16(20)21)15-12-5-3-2-4-6-13(12)17-10-18-15/h10-11,14H,2-9H2,1H3,(H,20,21). The minimum atomic E-state index is -0.734. The van der Waals surface area contributed by atoms with Crippen LogP contribution in [0.2, 0.25) is 0 Å². The van der Waals surface area contributed by atoms with Gasteiger partial charge in [0, 0.05) is 17.8 Å². The molecule has 2 aliphatic rings. The van der Waals surface area contributed by atoms with E-state index < -0.39 is 12.0 Å². The average Bonchev–Trinajstić information content (AvgIpc) is 2.72. The lowest BCUT2D eigenvalue weighted by atomic mass is 9.92. The minimum Gasteiger partial charge on any atom is -0.480 e. The first-order valence-corrected chi connectivity index (χ1v) is 7.99. The van der Waals surface area contributed by atoms with Crippen molar-refractivity contribution in [3.63, 3.8) is 0 Å². The summed E-state index contributed by atoms with van der Waals surface area (Å²) >= 11 is 0. The van der Waals surface area contributed by atoms with E-state index in [1.165, 1.54) is 18.4 Å². The Morgan fingerprint density at radius 1 is 1.29 bits per heavy atom. The molecule has 0 bridgehead atoms. The number of anilines is 1. The molecule has 1 fully saturated rings. The van der Waals surface area contributed by atoms with Gasteiger partial charge in [0.05, 0.1) is 0 Å². The quantitative estimate of drug-likeness (QED) is 0.847. The van der Waals surface area contributed by atoms with Crippen molar-refractivity contribution in [2.45, 2.75) is 57.9 Å². The Bertz CT molecular complexity index is 532. The van der Waals surface area contributed by atoms with Crippen molar-refractivity contribution < 1.29 is 9.90 Å². The predicted molar refractivity (Wildman–Crippen MR) is 80.5 cm³/mol. The van der Waals surface area contributed by atoms with Crippen molar-refractivity contribution in [1.29, 1.82) is 0 Å². The minimum absolute atomic E-state index is 0.448. The molecule has 1 aliphatic carbocycles. The van der Waals surface area contributed by atoms with E-state index in [9.17, 15) is 9.90 Å². The lowest BCUT2D eigenvalue weighted by Gasteiger charge is -2.37. The van der Waals surface area contributed by atoms with E-state index in [4.69, 9.17) is 0 Å². The summed E-state index contributed by atoms with van der Waals surface area (Å²) in [5.41, 5.74) is 2.32. The summed E-state index contributed by atoms with van der Waals surface area (Å²) in [5.74, 6) is 0.603. The van der Waals surface area contributed by atoms with Crippen LogP contribution in [0.15, 0.2) is 6.33 Å². The smallest absolute Gasteiger partial charge is 0.326 e. The van der Waals surface area contributed by atoms with Crippen LogP contribution in [0.1, 0.15) is 50.3 Å². The first-order valence-electron chi connectivity index (χ1n) is 7.99. The molecule has 2 unspecified atom stereocenters. The number of carboxylic acids is 1. The summed E-state index contributed by atoms with van der Waals surface area (Å²) in [7, 11) is 0. The summed E-state index contributed by atoms with van der Waals surface area (Å²) in [6.45, 7) is 2.91. The van der Waals surface area contributed by atoms with Gasteiger partial charge in [-0.25, -0.2) is 14.8 Å². The van der Waals surface area contributed by atoms with Crippen LogP contribution in [0.4, 0.5) is 5.82 Å². The number of carboxylic acid groups (broad SMARTS) is 1. The van der Waals surface area contributed by atoms with E-state index in [1.807, 2.05) is 4.90 Å². The fraction of sp³-hybridized carbons (Fsp3) is 0.688. The molecule has 2 heterocycles. The molecule has 1 aromatic rings. The summed E-state index contributed by atoms with van der Waals surface area (Å²) in [6, 6.07) is -0.448. The molecule has 0 radical (unpaired) electrons. The number of carbonyl (C=O) groups is 1. The number of hydrogen-bond donors (Lipinski definition) is 1. The molecule has 2 atom stereocenters. The fourth-order valence-electron chi connectivity index (χ4n) is 3.56. The first kappa shape index (κ1) is 14.3. The average molecular weight is 289 g/mol. The van der Waals surface area contributed by atoms with Gasteiger partial charge >= 0.3 is 5.97 Å². The van der Waals surface area contributed by atoms with Crippen LogP contribution < -0.4 is 4.90 Å². The fourth-order valence-corrected chi connectivity index (χ4v) is 3.56. The molecule has 1 aliphatic heterocycles. The van der Waals surface area contributed by atoms with Crippen LogP contribution in [-0.2, 0) is 17.6 Å². The number of piperidine rings is 1. The van der Waals surface area contributed by atoms with E-state index >= 15 is 0 Å². The molecule has 1 aromatic heterocycles. The normalized spacial score (nSPS) is 26.0. The van der Waals surface area contributed by atoms with Crippen molar-refractivity contribution >= 4 is 11.8 Å². The van der Waals surface area contributed by atoms with Gasteiger partial charge in [-0.2, -0.15) is 0 Å². The van der Waals surface area contributed by atoms with Crippen LogP contribution in [-0.4, -0.2) is 33.6 Å². The third kappa shape index (κ3) is 2.87. The Morgan fingerprint density at radius 3 is 2.90 bits per heavy atom.